The van der Waals surface area contributed by atoms with Gasteiger partial charge in [-0.1, -0.05) is 66.7 Å². The van der Waals surface area contributed by atoms with Crippen molar-refractivity contribution in [3.05, 3.63) is 137 Å². The predicted octanol–water partition coefficient (Wildman–Crippen LogP) is 6.01. The zero-order chi connectivity index (χ0) is 28.5. The molecule has 7 heteroatoms. The smallest absolute Gasteiger partial charge is 0.251 e. The normalized spacial score (nSPS) is 15.6. The minimum Gasteiger partial charge on any atom is -0.454 e. The molecular weight excluding hydrogens is 526 g/mol. The molecule has 0 fully saturated rings. The third-order valence-electron chi connectivity index (χ3n) is 7.92. The Hall–Kier alpha value is -5.30. The van der Waals surface area contributed by atoms with E-state index in [2.05, 4.69) is 22.4 Å². The van der Waals surface area contributed by atoms with Gasteiger partial charge in [-0.05, 0) is 65.1 Å². The lowest BCUT2D eigenvalue weighted by Gasteiger charge is -2.35. The zero-order valence-electron chi connectivity index (χ0n) is 22.9. The van der Waals surface area contributed by atoms with Crippen molar-refractivity contribution >= 4 is 28.8 Å². The van der Waals surface area contributed by atoms with Gasteiger partial charge in [0.25, 0.3) is 5.91 Å². The van der Waals surface area contributed by atoms with Crippen LogP contribution in [0.5, 0.6) is 11.5 Å². The zero-order valence-corrected chi connectivity index (χ0v) is 22.9. The fourth-order valence-corrected chi connectivity index (χ4v) is 5.80. The first-order valence-corrected chi connectivity index (χ1v) is 14.0. The number of nitrogens with zero attached hydrogens (tertiary/aromatic N) is 1. The number of hydrogen-bond acceptors (Lipinski definition) is 4. The molecule has 0 saturated carbocycles. The Morgan fingerprint density at radius 3 is 2.55 bits per heavy atom. The molecule has 2 aliphatic heterocycles. The Balaban J connectivity index is 1.12. The summed E-state index contributed by atoms with van der Waals surface area (Å²) in [5, 5.41) is 4.13. The fraction of sp³-hybridized carbons (Fsp3) is 0.143. The largest absolute Gasteiger partial charge is 0.454 e. The molecule has 2 N–H and O–H groups in total. The van der Waals surface area contributed by atoms with Gasteiger partial charge in [-0.25, -0.2) is 0 Å². The van der Waals surface area contributed by atoms with E-state index in [0.29, 0.717) is 30.2 Å². The number of H-pyrrole nitrogens is 1. The minimum atomic E-state index is -0.302. The Labute approximate surface area is 243 Å². The van der Waals surface area contributed by atoms with E-state index in [-0.39, 0.29) is 24.6 Å². The highest BCUT2D eigenvalue weighted by Gasteiger charge is 2.34. The van der Waals surface area contributed by atoms with Gasteiger partial charge < -0.3 is 24.7 Å². The van der Waals surface area contributed by atoms with Gasteiger partial charge in [0.2, 0.25) is 12.7 Å². The Morgan fingerprint density at radius 2 is 1.69 bits per heavy atom. The third-order valence-corrected chi connectivity index (χ3v) is 7.92. The highest BCUT2D eigenvalue weighted by molar-refractivity contribution is 5.95. The van der Waals surface area contributed by atoms with Crippen molar-refractivity contribution in [1.82, 2.24) is 15.2 Å². The average molecular weight is 556 g/mol. The van der Waals surface area contributed by atoms with E-state index in [1.807, 2.05) is 77.7 Å². The fourth-order valence-electron chi connectivity index (χ4n) is 5.80. The van der Waals surface area contributed by atoms with Crippen LogP contribution in [0.15, 0.2) is 103 Å². The van der Waals surface area contributed by atoms with Crippen molar-refractivity contribution in [2.24, 2.45) is 0 Å². The Morgan fingerprint density at radius 1 is 0.905 bits per heavy atom. The van der Waals surface area contributed by atoms with Crippen molar-refractivity contribution in [3.63, 3.8) is 0 Å². The highest BCUT2D eigenvalue weighted by atomic mass is 16.7. The number of aromatic amines is 1. The van der Waals surface area contributed by atoms with Crippen molar-refractivity contribution < 1.29 is 19.1 Å². The maximum Gasteiger partial charge on any atom is 0.251 e. The van der Waals surface area contributed by atoms with Crippen LogP contribution in [0.25, 0.3) is 17.0 Å². The minimum absolute atomic E-state index is 0.0911. The first kappa shape index (κ1) is 25.7. The first-order chi connectivity index (χ1) is 20.6. The third kappa shape index (κ3) is 4.90. The van der Waals surface area contributed by atoms with Crippen LogP contribution in [0.3, 0.4) is 0 Å². The molecule has 5 aromatic rings. The summed E-state index contributed by atoms with van der Waals surface area (Å²) in [6.07, 6.45) is 4.16. The molecule has 0 radical (unpaired) electrons. The van der Waals surface area contributed by atoms with Gasteiger partial charge in [0.15, 0.2) is 11.5 Å². The van der Waals surface area contributed by atoms with Gasteiger partial charge in [-0.3, -0.25) is 9.59 Å². The standard InChI is InChI=1S/C35H29N3O4/c39-32(17-12-23-10-13-25(14-11-23)35(40)36-21-24-6-2-1-3-7-24)38-19-18-28-27-8-4-5-9-29(27)37-33(28)34(38)26-15-16-30-31(20-26)42-22-41-30/h1-17,20,34,37H,18-19,21-22H2,(H,36,40)/b17-12+. The number of fused-ring (bicyclic) bond motifs is 4. The van der Waals surface area contributed by atoms with Crippen molar-refractivity contribution in [2.45, 2.75) is 19.0 Å². The second kappa shape index (κ2) is 10.9. The molecule has 0 spiro atoms. The molecule has 1 atom stereocenters. The number of para-hydroxylation sites is 1. The number of hydrogen-bond donors (Lipinski definition) is 2. The molecule has 1 aromatic heterocycles. The van der Waals surface area contributed by atoms with Crippen molar-refractivity contribution in [2.75, 3.05) is 13.3 Å². The topological polar surface area (TPSA) is 83.7 Å². The molecule has 3 heterocycles. The highest BCUT2D eigenvalue weighted by Crippen LogP contribution is 2.42. The van der Waals surface area contributed by atoms with Crippen LogP contribution in [-0.2, 0) is 17.8 Å². The maximum absolute atomic E-state index is 13.7. The van der Waals surface area contributed by atoms with E-state index in [9.17, 15) is 9.59 Å². The Kier molecular flexibility index (Phi) is 6.68. The number of benzene rings is 4. The van der Waals surface area contributed by atoms with E-state index in [4.69, 9.17) is 9.47 Å². The summed E-state index contributed by atoms with van der Waals surface area (Å²) >= 11 is 0. The van der Waals surface area contributed by atoms with Gasteiger partial charge >= 0.3 is 0 Å². The van der Waals surface area contributed by atoms with Crippen LogP contribution in [0.1, 0.15) is 44.3 Å². The van der Waals surface area contributed by atoms with Crippen molar-refractivity contribution in [1.29, 1.82) is 0 Å². The lowest BCUT2D eigenvalue weighted by molar-refractivity contribution is -0.128. The second-order valence-electron chi connectivity index (χ2n) is 10.5. The van der Waals surface area contributed by atoms with E-state index in [1.54, 1.807) is 24.3 Å². The Bertz CT molecular complexity index is 1810. The van der Waals surface area contributed by atoms with E-state index >= 15 is 0 Å². The maximum atomic E-state index is 13.7. The van der Waals surface area contributed by atoms with Gasteiger partial charge in [0.05, 0.1) is 6.04 Å². The van der Waals surface area contributed by atoms with Crippen LogP contribution in [-0.4, -0.2) is 35.0 Å². The molecule has 208 valence electrons. The number of amides is 2. The molecule has 7 rings (SSSR count). The number of aromatic nitrogens is 1. The van der Waals surface area contributed by atoms with Crippen LogP contribution >= 0.6 is 0 Å². The summed E-state index contributed by atoms with van der Waals surface area (Å²) in [6, 6.07) is 30.9. The summed E-state index contributed by atoms with van der Waals surface area (Å²) < 4.78 is 11.2. The summed E-state index contributed by atoms with van der Waals surface area (Å²) in [6.45, 7) is 1.24. The number of rotatable bonds is 6. The summed E-state index contributed by atoms with van der Waals surface area (Å²) in [7, 11) is 0. The molecule has 0 aliphatic carbocycles. The van der Waals surface area contributed by atoms with E-state index < -0.39 is 0 Å². The number of ether oxygens (including phenoxy) is 2. The molecule has 2 aliphatic rings. The molecule has 42 heavy (non-hydrogen) atoms. The molecule has 0 saturated heterocycles. The molecule has 0 bridgehead atoms. The average Bonchev–Trinajstić information content (AvgIpc) is 3.67. The van der Waals surface area contributed by atoms with Gasteiger partial charge in [-0.15, -0.1) is 0 Å². The molecular formula is C35H29N3O4. The summed E-state index contributed by atoms with van der Waals surface area (Å²) in [5.74, 6) is 1.17. The quantitative estimate of drug-likeness (QED) is 0.251. The lowest BCUT2D eigenvalue weighted by atomic mass is 9.92. The van der Waals surface area contributed by atoms with Crippen LogP contribution in [0.2, 0.25) is 0 Å². The molecule has 4 aromatic carbocycles. The van der Waals surface area contributed by atoms with Crippen LogP contribution in [0.4, 0.5) is 0 Å². The van der Waals surface area contributed by atoms with Gasteiger partial charge in [0.1, 0.15) is 0 Å². The van der Waals surface area contributed by atoms with Gasteiger partial charge in [-0.2, -0.15) is 0 Å². The molecule has 2 amide bonds. The monoisotopic (exact) mass is 555 g/mol. The van der Waals surface area contributed by atoms with Crippen LogP contribution in [0, 0.1) is 0 Å². The lowest BCUT2D eigenvalue weighted by Crippen LogP contribution is -2.39. The summed E-state index contributed by atoms with van der Waals surface area (Å²) in [5.41, 5.74) is 6.73. The SMILES string of the molecule is O=C(NCc1ccccc1)c1ccc(/C=C/C(=O)N2CCc3c([nH]c4ccccc34)C2c2ccc3c(c2)OCO3)cc1. The van der Waals surface area contributed by atoms with Crippen molar-refractivity contribution in [3.8, 4) is 11.5 Å². The number of carbonyl (C=O) groups excluding carboxylic acids is 2. The number of carbonyl (C=O) groups is 2. The van der Waals surface area contributed by atoms with Crippen LogP contribution < -0.4 is 14.8 Å². The molecule has 1 unspecified atom stereocenters. The number of nitrogens with one attached hydrogen (secondary N) is 2. The van der Waals surface area contributed by atoms with E-state index in [0.717, 1.165) is 34.3 Å². The second-order valence-corrected chi connectivity index (χ2v) is 10.5. The molecule has 7 nitrogen and oxygen atoms in total. The summed E-state index contributed by atoms with van der Waals surface area (Å²) in [4.78, 5) is 31.8. The predicted molar refractivity (Wildman–Crippen MR) is 161 cm³/mol. The first-order valence-electron chi connectivity index (χ1n) is 14.0. The van der Waals surface area contributed by atoms with Gasteiger partial charge in [0, 0.05) is 41.3 Å². The van der Waals surface area contributed by atoms with E-state index in [1.165, 1.54) is 10.9 Å².